The van der Waals surface area contributed by atoms with E-state index in [1.54, 1.807) is 7.11 Å². The monoisotopic (exact) mass is 350 g/mol. The minimum atomic E-state index is 0.155. The Hall–Kier alpha value is -2.33. The van der Waals surface area contributed by atoms with Crippen LogP contribution >= 0.6 is 0 Å². The largest absolute Gasteiger partial charge is 0.497 e. The summed E-state index contributed by atoms with van der Waals surface area (Å²) in [6.07, 6.45) is 2.44. The lowest BCUT2D eigenvalue weighted by Crippen LogP contribution is -2.41. The molecule has 26 heavy (non-hydrogen) atoms. The van der Waals surface area contributed by atoms with Crippen LogP contribution in [0.2, 0.25) is 0 Å². The van der Waals surface area contributed by atoms with Crippen molar-refractivity contribution in [1.82, 2.24) is 9.80 Å². The third-order valence-electron chi connectivity index (χ3n) is 5.79. The van der Waals surface area contributed by atoms with Crippen LogP contribution in [-0.2, 0) is 0 Å². The molecule has 3 saturated heterocycles. The van der Waals surface area contributed by atoms with Gasteiger partial charge in [-0.25, -0.2) is 0 Å². The van der Waals surface area contributed by atoms with Crippen LogP contribution in [0, 0.1) is 5.92 Å². The molecule has 2 bridgehead atoms. The molecule has 4 nitrogen and oxygen atoms in total. The van der Waals surface area contributed by atoms with Crippen LogP contribution in [0.5, 0.6) is 5.75 Å². The maximum atomic E-state index is 13.2. The van der Waals surface area contributed by atoms with Gasteiger partial charge in [-0.3, -0.25) is 4.79 Å². The van der Waals surface area contributed by atoms with Gasteiger partial charge in [0.25, 0.3) is 5.91 Å². The second kappa shape index (κ2) is 7.12. The fourth-order valence-corrected chi connectivity index (χ4v) is 4.30. The standard InChI is InChI=1S/C22H26N2O2/c1-23-13-16-9-10-20(23)15-24(14-16)22(25)19-7-3-5-17(11-19)18-6-4-8-21(12-18)26-2/h3-8,11-12,16,20H,9-10,13-15H2,1-2H3/t16-,20-/m1/s1. The molecule has 5 rings (SSSR count). The fraction of sp³-hybridized carbons (Fsp3) is 0.409. The van der Waals surface area contributed by atoms with Crippen molar-refractivity contribution in [2.24, 2.45) is 5.92 Å². The van der Waals surface area contributed by atoms with E-state index in [9.17, 15) is 4.79 Å². The van der Waals surface area contributed by atoms with Gasteiger partial charge in [0.1, 0.15) is 5.75 Å². The van der Waals surface area contributed by atoms with Crippen LogP contribution in [0.4, 0.5) is 0 Å². The van der Waals surface area contributed by atoms with E-state index in [4.69, 9.17) is 4.74 Å². The smallest absolute Gasteiger partial charge is 0.253 e. The van der Waals surface area contributed by atoms with Crippen molar-refractivity contribution >= 4 is 5.91 Å². The van der Waals surface area contributed by atoms with E-state index in [1.807, 2.05) is 48.5 Å². The van der Waals surface area contributed by atoms with Gasteiger partial charge in [-0.2, -0.15) is 0 Å². The number of piperidine rings is 1. The van der Waals surface area contributed by atoms with Crippen molar-refractivity contribution in [3.05, 3.63) is 54.1 Å². The summed E-state index contributed by atoms with van der Waals surface area (Å²) in [6, 6.07) is 16.4. The average Bonchev–Trinajstić information content (AvgIpc) is 2.99. The summed E-state index contributed by atoms with van der Waals surface area (Å²) >= 11 is 0. The highest BCUT2D eigenvalue weighted by molar-refractivity contribution is 5.95. The van der Waals surface area contributed by atoms with Crippen molar-refractivity contribution in [3.8, 4) is 16.9 Å². The highest BCUT2D eigenvalue weighted by Gasteiger charge is 2.34. The average molecular weight is 350 g/mol. The van der Waals surface area contributed by atoms with Gasteiger partial charge < -0.3 is 14.5 Å². The van der Waals surface area contributed by atoms with Crippen LogP contribution in [0.1, 0.15) is 23.2 Å². The molecule has 0 unspecified atom stereocenters. The van der Waals surface area contributed by atoms with Gasteiger partial charge >= 0.3 is 0 Å². The maximum Gasteiger partial charge on any atom is 0.253 e. The number of amides is 1. The van der Waals surface area contributed by atoms with Crippen molar-refractivity contribution in [3.63, 3.8) is 0 Å². The van der Waals surface area contributed by atoms with Gasteiger partial charge in [-0.1, -0.05) is 24.3 Å². The van der Waals surface area contributed by atoms with Crippen LogP contribution in [-0.4, -0.2) is 55.5 Å². The Morgan fingerprint density at radius 2 is 1.77 bits per heavy atom. The van der Waals surface area contributed by atoms with E-state index in [0.717, 1.165) is 42.1 Å². The Balaban J connectivity index is 1.59. The van der Waals surface area contributed by atoms with Crippen molar-refractivity contribution in [1.29, 1.82) is 0 Å². The number of carbonyl (C=O) groups is 1. The number of rotatable bonds is 3. The fourth-order valence-electron chi connectivity index (χ4n) is 4.30. The van der Waals surface area contributed by atoms with Gasteiger partial charge in [0.15, 0.2) is 0 Å². The SMILES string of the molecule is COc1cccc(-c2cccc(C(=O)N3C[C@@H]4CC[C@H](C3)N(C)C4)c2)c1. The molecule has 0 aromatic heterocycles. The Bertz CT molecular complexity index is 804. The first-order valence-electron chi connectivity index (χ1n) is 9.38. The van der Waals surface area contributed by atoms with E-state index in [-0.39, 0.29) is 5.91 Å². The minimum Gasteiger partial charge on any atom is -0.497 e. The molecule has 0 radical (unpaired) electrons. The molecule has 4 heteroatoms. The summed E-state index contributed by atoms with van der Waals surface area (Å²) < 4.78 is 5.32. The second-order valence-corrected chi connectivity index (χ2v) is 7.56. The van der Waals surface area contributed by atoms with E-state index >= 15 is 0 Å². The van der Waals surface area contributed by atoms with Crippen LogP contribution in [0.15, 0.2) is 48.5 Å². The molecule has 0 aliphatic carbocycles. The van der Waals surface area contributed by atoms with Gasteiger partial charge in [-0.05, 0) is 61.2 Å². The summed E-state index contributed by atoms with van der Waals surface area (Å²) in [7, 11) is 3.86. The summed E-state index contributed by atoms with van der Waals surface area (Å²) in [4.78, 5) is 17.7. The lowest BCUT2D eigenvalue weighted by atomic mass is 9.96. The molecule has 0 saturated carbocycles. The van der Waals surface area contributed by atoms with Crippen LogP contribution in [0.25, 0.3) is 11.1 Å². The molecule has 0 spiro atoms. The minimum absolute atomic E-state index is 0.155. The third kappa shape index (κ3) is 3.34. The number of methoxy groups -OCH3 is 1. The molecular formula is C22H26N2O2. The zero-order chi connectivity index (χ0) is 18.1. The number of carbonyl (C=O) groups excluding carboxylic acids is 1. The highest BCUT2D eigenvalue weighted by atomic mass is 16.5. The zero-order valence-corrected chi connectivity index (χ0v) is 15.5. The Morgan fingerprint density at radius 1 is 1.00 bits per heavy atom. The van der Waals surface area contributed by atoms with E-state index < -0.39 is 0 Å². The quantitative estimate of drug-likeness (QED) is 0.849. The second-order valence-electron chi connectivity index (χ2n) is 7.56. The van der Waals surface area contributed by atoms with E-state index in [0.29, 0.717) is 12.0 Å². The van der Waals surface area contributed by atoms with Gasteiger partial charge in [0, 0.05) is 31.2 Å². The molecule has 3 heterocycles. The number of ether oxygens (including phenoxy) is 1. The molecule has 2 atom stereocenters. The van der Waals surface area contributed by atoms with Crippen molar-refractivity contribution in [2.45, 2.75) is 18.9 Å². The Morgan fingerprint density at radius 3 is 2.54 bits per heavy atom. The summed E-state index contributed by atoms with van der Waals surface area (Å²) in [5.41, 5.74) is 2.88. The molecule has 3 fully saturated rings. The zero-order valence-electron chi connectivity index (χ0n) is 15.5. The lowest BCUT2D eigenvalue weighted by Gasteiger charge is -2.32. The highest BCUT2D eigenvalue weighted by Crippen LogP contribution is 2.29. The molecule has 2 aromatic rings. The molecule has 2 aromatic carbocycles. The lowest BCUT2D eigenvalue weighted by molar-refractivity contribution is 0.0742. The first kappa shape index (κ1) is 17.1. The number of hydrogen-bond acceptors (Lipinski definition) is 3. The predicted molar refractivity (Wildman–Crippen MR) is 103 cm³/mol. The van der Waals surface area contributed by atoms with Gasteiger partial charge in [-0.15, -0.1) is 0 Å². The first-order chi connectivity index (χ1) is 12.6. The number of hydrogen-bond donors (Lipinski definition) is 0. The van der Waals surface area contributed by atoms with Gasteiger partial charge in [0.05, 0.1) is 7.11 Å². The summed E-state index contributed by atoms with van der Waals surface area (Å²) in [5, 5.41) is 0. The summed E-state index contributed by atoms with van der Waals surface area (Å²) in [5.74, 6) is 1.58. The third-order valence-corrected chi connectivity index (χ3v) is 5.79. The molecule has 1 amide bonds. The molecule has 0 N–H and O–H groups in total. The van der Waals surface area contributed by atoms with Crippen molar-refractivity contribution < 1.29 is 9.53 Å². The maximum absolute atomic E-state index is 13.2. The van der Waals surface area contributed by atoms with Crippen molar-refractivity contribution in [2.75, 3.05) is 33.8 Å². The van der Waals surface area contributed by atoms with Crippen LogP contribution < -0.4 is 4.74 Å². The Labute approximate surface area is 155 Å². The normalized spacial score (nSPS) is 22.9. The molecule has 3 aliphatic heterocycles. The Kier molecular flexibility index (Phi) is 4.68. The number of fused-ring (bicyclic) bond motifs is 4. The van der Waals surface area contributed by atoms with E-state index in [2.05, 4.69) is 16.8 Å². The molecule has 3 aliphatic rings. The number of nitrogens with zero attached hydrogens (tertiary/aromatic N) is 2. The van der Waals surface area contributed by atoms with Gasteiger partial charge in [0.2, 0.25) is 0 Å². The molecular weight excluding hydrogens is 324 g/mol. The summed E-state index contributed by atoms with van der Waals surface area (Å²) in [6.45, 7) is 2.83. The number of likely N-dealkylation sites (N-methyl/N-ethyl adjacent to an activating group) is 1. The van der Waals surface area contributed by atoms with E-state index in [1.165, 1.54) is 12.8 Å². The topological polar surface area (TPSA) is 32.8 Å². The molecule has 136 valence electrons. The predicted octanol–water partition coefficient (Wildman–Crippen LogP) is 3.53. The van der Waals surface area contributed by atoms with Crippen LogP contribution in [0.3, 0.4) is 0 Å². The first-order valence-corrected chi connectivity index (χ1v) is 9.38. The number of benzene rings is 2.